The van der Waals surface area contributed by atoms with Crippen LogP contribution in [0.2, 0.25) is 0 Å². The molecule has 0 spiro atoms. The molecule has 1 atom stereocenters. The topological polar surface area (TPSA) is 94.3 Å². The maximum absolute atomic E-state index is 11.9. The van der Waals surface area contributed by atoms with Gasteiger partial charge in [-0.25, -0.2) is 4.79 Å². The van der Waals surface area contributed by atoms with Gasteiger partial charge in [-0.05, 0) is 38.1 Å². The third-order valence-electron chi connectivity index (χ3n) is 2.73. The minimum absolute atomic E-state index is 0.326. The molecule has 2 rings (SSSR count). The van der Waals surface area contributed by atoms with Crippen LogP contribution < -0.4 is 5.32 Å². The lowest BCUT2D eigenvalue weighted by Crippen LogP contribution is -2.35. The number of nitrogens with one attached hydrogen (secondary N) is 1. The summed E-state index contributed by atoms with van der Waals surface area (Å²) in [4.78, 5) is 23.4. The SMILES string of the molecule is CCNC(=O)[C@@H](C)OC(=O)c1ccc(-c2nnco2)cc1. The van der Waals surface area contributed by atoms with Gasteiger partial charge in [0.15, 0.2) is 6.10 Å². The van der Waals surface area contributed by atoms with Crippen LogP contribution in [0.4, 0.5) is 0 Å². The quantitative estimate of drug-likeness (QED) is 0.836. The Balaban J connectivity index is 2.02. The molecule has 1 heterocycles. The number of rotatable bonds is 5. The van der Waals surface area contributed by atoms with Gasteiger partial charge in [0.1, 0.15) is 0 Å². The van der Waals surface area contributed by atoms with Crippen molar-refractivity contribution in [2.45, 2.75) is 20.0 Å². The summed E-state index contributed by atoms with van der Waals surface area (Å²) in [5, 5.41) is 9.93. The van der Waals surface area contributed by atoms with Crippen LogP contribution in [0.3, 0.4) is 0 Å². The maximum atomic E-state index is 11.9. The van der Waals surface area contributed by atoms with Crippen LogP contribution in [0, 0.1) is 0 Å². The molecule has 0 radical (unpaired) electrons. The lowest BCUT2D eigenvalue weighted by molar-refractivity contribution is -0.128. The van der Waals surface area contributed by atoms with E-state index in [0.29, 0.717) is 23.6 Å². The average molecular weight is 289 g/mol. The molecule has 0 bridgehead atoms. The highest BCUT2D eigenvalue weighted by Gasteiger charge is 2.18. The Morgan fingerprint density at radius 1 is 1.33 bits per heavy atom. The molecule has 7 nitrogen and oxygen atoms in total. The lowest BCUT2D eigenvalue weighted by Gasteiger charge is -2.12. The Hall–Kier alpha value is -2.70. The van der Waals surface area contributed by atoms with E-state index in [4.69, 9.17) is 9.15 Å². The number of hydrogen-bond acceptors (Lipinski definition) is 6. The second-order valence-corrected chi connectivity index (χ2v) is 4.26. The molecule has 0 aliphatic carbocycles. The van der Waals surface area contributed by atoms with E-state index in [9.17, 15) is 9.59 Å². The number of amides is 1. The Bertz CT molecular complexity index is 608. The number of esters is 1. The molecule has 1 aromatic heterocycles. The highest BCUT2D eigenvalue weighted by molar-refractivity contribution is 5.92. The number of carbonyl (C=O) groups excluding carboxylic acids is 2. The van der Waals surface area contributed by atoms with E-state index >= 15 is 0 Å². The Kier molecular flexibility index (Phi) is 4.65. The van der Waals surface area contributed by atoms with Crippen LogP contribution in [0.5, 0.6) is 0 Å². The van der Waals surface area contributed by atoms with E-state index in [1.165, 1.54) is 13.3 Å². The summed E-state index contributed by atoms with van der Waals surface area (Å²) < 4.78 is 10.1. The highest BCUT2D eigenvalue weighted by Crippen LogP contribution is 2.17. The molecule has 0 unspecified atom stereocenters. The van der Waals surface area contributed by atoms with E-state index < -0.39 is 12.1 Å². The zero-order valence-corrected chi connectivity index (χ0v) is 11.7. The predicted molar refractivity (Wildman–Crippen MR) is 73.3 cm³/mol. The molecular weight excluding hydrogens is 274 g/mol. The van der Waals surface area contributed by atoms with Crippen molar-refractivity contribution in [1.82, 2.24) is 15.5 Å². The van der Waals surface area contributed by atoms with Crippen LogP contribution in [-0.4, -0.2) is 34.7 Å². The average Bonchev–Trinajstić information content (AvgIpc) is 3.01. The first kappa shape index (κ1) is 14.7. The van der Waals surface area contributed by atoms with Crippen LogP contribution in [-0.2, 0) is 9.53 Å². The van der Waals surface area contributed by atoms with Gasteiger partial charge in [0.2, 0.25) is 12.3 Å². The van der Waals surface area contributed by atoms with E-state index in [-0.39, 0.29) is 5.91 Å². The van der Waals surface area contributed by atoms with Crippen molar-refractivity contribution in [3.05, 3.63) is 36.2 Å². The molecule has 1 amide bonds. The smallest absolute Gasteiger partial charge is 0.338 e. The molecule has 7 heteroatoms. The normalized spacial score (nSPS) is 11.7. The summed E-state index contributed by atoms with van der Waals surface area (Å²) in [6, 6.07) is 6.49. The Labute approximate surface area is 121 Å². The molecule has 0 saturated heterocycles. The molecule has 0 saturated carbocycles. The van der Waals surface area contributed by atoms with Gasteiger partial charge in [0.05, 0.1) is 5.56 Å². The molecule has 1 N–H and O–H groups in total. The minimum Gasteiger partial charge on any atom is -0.449 e. The van der Waals surface area contributed by atoms with Crippen molar-refractivity contribution >= 4 is 11.9 Å². The van der Waals surface area contributed by atoms with Crippen LogP contribution in [0.1, 0.15) is 24.2 Å². The van der Waals surface area contributed by atoms with Gasteiger partial charge in [0, 0.05) is 12.1 Å². The zero-order valence-electron chi connectivity index (χ0n) is 11.7. The summed E-state index contributed by atoms with van der Waals surface area (Å²) in [6.07, 6.45) is 0.388. The van der Waals surface area contributed by atoms with Gasteiger partial charge in [-0.15, -0.1) is 10.2 Å². The molecular formula is C14H15N3O4. The molecule has 1 aromatic carbocycles. The summed E-state index contributed by atoms with van der Waals surface area (Å²) in [5.41, 5.74) is 1.04. The van der Waals surface area contributed by atoms with Gasteiger partial charge in [-0.3, -0.25) is 4.79 Å². The number of hydrogen-bond donors (Lipinski definition) is 1. The summed E-state index contributed by atoms with van der Waals surface area (Å²) in [7, 11) is 0. The fraction of sp³-hybridized carbons (Fsp3) is 0.286. The predicted octanol–water partition coefficient (Wildman–Crippen LogP) is 1.42. The molecule has 110 valence electrons. The Morgan fingerprint density at radius 2 is 2.05 bits per heavy atom. The minimum atomic E-state index is -0.840. The van der Waals surface area contributed by atoms with Crippen molar-refractivity contribution in [3.8, 4) is 11.5 Å². The fourth-order valence-corrected chi connectivity index (χ4v) is 1.65. The van der Waals surface area contributed by atoms with Crippen molar-refractivity contribution in [1.29, 1.82) is 0 Å². The largest absolute Gasteiger partial charge is 0.449 e. The van der Waals surface area contributed by atoms with E-state index in [2.05, 4.69) is 15.5 Å². The number of ether oxygens (including phenoxy) is 1. The van der Waals surface area contributed by atoms with E-state index in [1.807, 2.05) is 0 Å². The van der Waals surface area contributed by atoms with Gasteiger partial charge in [0.25, 0.3) is 5.91 Å². The van der Waals surface area contributed by atoms with Gasteiger partial charge in [-0.1, -0.05) is 0 Å². The maximum Gasteiger partial charge on any atom is 0.338 e. The molecule has 21 heavy (non-hydrogen) atoms. The summed E-state index contributed by atoms with van der Waals surface area (Å²) >= 11 is 0. The standard InChI is InChI=1S/C14H15N3O4/c1-3-15-12(18)9(2)21-14(19)11-6-4-10(5-7-11)13-17-16-8-20-13/h4-9H,3H2,1-2H3,(H,15,18)/t9-/m1/s1. The highest BCUT2D eigenvalue weighted by atomic mass is 16.5. The zero-order chi connectivity index (χ0) is 15.2. The van der Waals surface area contributed by atoms with Crippen molar-refractivity contribution in [3.63, 3.8) is 0 Å². The number of benzene rings is 1. The van der Waals surface area contributed by atoms with Crippen LogP contribution >= 0.6 is 0 Å². The number of likely N-dealkylation sites (N-methyl/N-ethyl adjacent to an activating group) is 1. The van der Waals surface area contributed by atoms with Crippen LogP contribution in [0.15, 0.2) is 35.1 Å². The number of carbonyl (C=O) groups is 2. The van der Waals surface area contributed by atoms with E-state index in [1.54, 1.807) is 31.2 Å². The molecule has 0 aliphatic heterocycles. The lowest BCUT2D eigenvalue weighted by atomic mass is 10.1. The number of aromatic nitrogens is 2. The second-order valence-electron chi connectivity index (χ2n) is 4.26. The third kappa shape index (κ3) is 3.65. The van der Waals surface area contributed by atoms with Gasteiger partial charge >= 0.3 is 5.97 Å². The third-order valence-corrected chi connectivity index (χ3v) is 2.73. The van der Waals surface area contributed by atoms with Gasteiger partial charge < -0.3 is 14.5 Å². The summed E-state index contributed by atoms with van der Waals surface area (Å²) in [6.45, 7) is 3.80. The van der Waals surface area contributed by atoms with E-state index in [0.717, 1.165) is 0 Å². The first-order valence-corrected chi connectivity index (χ1v) is 6.47. The monoisotopic (exact) mass is 289 g/mol. The van der Waals surface area contributed by atoms with Crippen molar-refractivity contribution in [2.24, 2.45) is 0 Å². The molecule has 0 aliphatic rings. The first-order chi connectivity index (χ1) is 10.1. The Morgan fingerprint density at radius 3 is 2.62 bits per heavy atom. The van der Waals surface area contributed by atoms with Crippen molar-refractivity contribution < 1.29 is 18.7 Å². The van der Waals surface area contributed by atoms with Crippen molar-refractivity contribution in [2.75, 3.05) is 6.54 Å². The first-order valence-electron chi connectivity index (χ1n) is 6.47. The number of nitrogens with zero attached hydrogens (tertiary/aromatic N) is 2. The summed E-state index contributed by atoms with van der Waals surface area (Å²) in [5.74, 6) is -0.523. The van der Waals surface area contributed by atoms with Crippen LogP contribution in [0.25, 0.3) is 11.5 Å². The second kappa shape index (κ2) is 6.65. The molecule has 2 aromatic rings. The molecule has 0 fully saturated rings. The van der Waals surface area contributed by atoms with Gasteiger partial charge in [-0.2, -0.15) is 0 Å². The fourth-order valence-electron chi connectivity index (χ4n) is 1.65.